The van der Waals surface area contributed by atoms with Gasteiger partial charge in [0.05, 0.1) is 35.5 Å². The monoisotopic (exact) mass is 416 g/mol. The second kappa shape index (κ2) is 9.62. The molecule has 144 valence electrons. The lowest BCUT2D eigenvalue weighted by atomic mass is 9.82. The quantitative estimate of drug-likeness (QED) is 0.376. The van der Waals surface area contributed by atoms with Crippen molar-refractivity contribution in [3.05, 3.63) is 21.4 Å². The van der Waals surface area contributed by atoms with Crippen LogP contribution in [0.3, 0.4) is 0 Å². The van der Waals surface area contributed by atoms with E-state index in [4.69, 9.17) is 9.57 Å². The third-order valence-electron chi connectivity index (χ3n) is 4.41. The zero-order valence-electron chi connectivity index (χ0n) is 16.7. The van der Waals surface area contributed by atoms with Crippen LogP contribution in [0.4, 0.5) is 0 Å². The van der Waals surface area contributed by atoms with Crippen LogP contribution in [0.25, 0.3) is 0 Å². The number of likely N-dealkylation sites (tertiary alicyclic amines) is 1. The Balaban J connectivity index is 3.12. The number of hydroxylamine groups is 1. The van der Waals surface area contributed by atoms with Crippen LogP contribution in [-0.2, 0) is 14.4 Å². The van der Waals surface area contributed by atoms with Gasteiger partial charge in [-0.3, -0.25) is 15.1 Å². The third kappa shape index (κ3) is 7.02. The molecule has 0 aliphatic carbocycles. The van der Waals surface area contributed by atoms with Gasteiger partial charge in [0.25, 0.3) is 0 Å². The van der Waals surface area contributed by atoms with E-state index in [1.54, 1.807) is 7.11 Å². The van der Waals surface area contributed by atoms with Gasteiger partial charge < -0.3 is 9.64 Å². The van der Waals surface area contributed by atoms with Gasteiger partial charge in [0.15, 0.2) is 0 Å². The SMILES string of the molecule is CON/C(C)=C(Br)\C(=C(/C)CC(=O)OC(C)C)N1CCC(C)(C)CC1. The van der Waals surface area contributed by atoms with Gasteiger partial charge in [-0.25, -0.2) is 0 Å². The summed E-state index contributed by atoms with van der Waals surface area (Å²) in [7, 11) is 1.59. The number of carbonyl (C=O) groups is 1. The Morgan fingerprint density at radius 2 is 1.80 bits per heavy atom. The lowest BCUT2D eigenvalue weighted by Crippen LogP contribution is -2.37. The molecule has 1 heterocycles. The first-order chi connectivity index (χ1) is 11.6. The minimum atomic E-state index is -0.194. The summed E-state index contributed by atoms with van der Waals surface area (Å²) in [5.74, 6) is -0.194. The Labute approximate surface area is 160 Å². The Kier molecular flexibility index (Phi) is 8.48. The molecular formula is C19H33BrN2O3. The largest absolute Gasteiger partial charge is 0.463 e. The van der Waals surface area contributed by atoms with Crippen molar-refractivity contribution in [2.24, 2.45) is 5.41 Å². The maximum absolute atomic E-state index is 12.1. The molecule has 1 aliphatic rings. The van der Waals surface area contributed by atoms with Crippen molar-refractivity contribution < 1.29 is 14.4 Å². The summed E-state index contributed by atoms with van der Waals surface area (Å²) in [5.41, 5.74) is 6.16. The second-order valence-corrected chi connectivity index (χ2v) is 8.53. The number of hydrogen-bond donors (Lipinski definition) is 1. The summed E-state index contributed by atoms with van der Waals surface area (Å²) >= 11 is 3.70. The van der Waals surface area contributed by atoms with E-state index in [0.29, 0.717) is 5.41 Å². The number of nitrogens with one attached hydrogen (secondary N) is 1. The van der Waals surface area contributed by atoms with Crippen LogP contribution in [-0.4, -0.2) is 37.2 Å². The van der Waals surface area contributed by atoms with Gasteiger partial charge in [-0.05, 0) is 67.5 Å². The molecule has 1 fully saturated rings. The molecule has 0 saturated carbocycles. The number of allylic oxidation sites excluding steroid dienone is 2. The van der Waals surface area contributed by atoms with Gasteiger partial charge in [-0.1, -0.05) is 13.8 Å². The fraction of sp³-hybridized carbons (Fsp3) is 0.737. The van der Waals surface area contributed by atoms with E-state index in [9.17, 15) is 4.79 Å². The van der Waals surface area contributed by atoms with Crippen molar-refractivity contribution >= 4 is 21.9 Å². The maximum Gasteiger partial charge on any atom is 0.310 e. The number of rotatable bonds is 7. The first-order valence-corrected chi connectivity index (χ1v) is 9.66. The summed E-state index contributed by atoms with van der Waals surface area (Å²) in [4.78, 5) is 19.5. The molecule has 0 unspecified atom stereocenters. The molecule has 0 spiro atoms. The van der Waals surface area contributed by atoms with Crippen LogP contribution in [0, 0.1) is 5.41 Å². The summed E-state index contributed by atoms with van der Waals surface area (Å²) < 4.78 is 6.24. The highest BCUT2D eigenvalue weighted by atomic mass is 79.9. The molecule has 1 rings (SSSR count). The van der Waals surface area contributed by atoms with Gasteiger partial charge >= 0.3 is 5.97 Å². The molecule has 0 amide bonds. The van der Waals surface area contributed by atoms with Crippen LogP contribution < -0.4 is 5.48 Å². The fourth-order valence-corrected chi connectivity index (χ4v) is 3.58. The molecule has 0 radical (unpaired) electrons. The Hall–Kier alpha value is -1.01. The van der Waals surface area contributed by atoms with Crippen molar-refractivity contribution in [2.75, 3.05) is 20.2 Å². The number of piperidine rings is 1. The van der Waals surface area contributed by atoms with Crippen molar-refractivity contribution in [2.45, 2.75) is 66.9 Å². The highest BCUT2D eigenvalue weighted by molar-refractivity contribution is 9.12. The molecule has 0 atom stereocenters. The highest BCUT2D eigenvalue weighted by Crippen LogP contribution is 2.36. The Morgan fingerprint density at radius 1 is 1.24 bits per heavy atom. The molecule has 25 heavy (non-hydrogen) atoms. The van der Waals surface area contributed by atoms with Crippen molar-refractivity contribution in [3.8, 4) is 0 Å². The van der Waals surface area contributed by atoms with E-state index >= 15 is 0 Å². The van der Waals surface area contributed by atoms with Gasteiger partial charge in [-0.2, -0.15) is 0 Å². The van der Waals surface area contributed by atoms with Crippen molar-refractivity contribution in [3.63, 3.8) is 0 Å². The van der Waals surface area contributed by atoms with E-state index in [2.05, 4.69) is 40.2 Å². The number of carbonyl (C=O) groups excluding carboxylic acids is 1. The van der Waals surface area contributed by atoms with Crippen LogP contribution in [0.2, 0.25) is 0 Å². The summed E-state index contributed by atoms with van der Waals surface area (Å²) in [6, 6.07) is 0. The lowest BCUT2D eigenvalue weighted by Gasteiger charge is -2.40. The lowest BCUT2D eigenvalue weighted by molar-refractivity contribution is -0.146. The number of ether oxygens (including phenoxy) is 1. The standard InChI is InChI=1S/C19H33BrN2O3/c1-13(2)25-16(23)12-14(3)18(17(20)15(4)21-24-7)22-10-8-19(5,6)9-11-22/h13,21H,8-12H2,1-7H3/b17-15+,18-14-. The molecular weight excluding hydrogens is 384 g/mol. The minimum absolute atomic E-state index is 0.101. The van der Waals surface area contributed by atoms with Crippen molar-refractivity contribution in [1.29, 1.82) is 0 Å². The summed E-state index contributed by atoms with van der Waals surface area (Å²) in [5, 5.41) is 0. The van der Waals surface area contributed by atoms with E-state index < -0.39 is 0 Å². The average molecular weight is 417 g/mol. The zero-order valence-corrected chi connectivity index (χ0v) is 18.2. The van der Waals surface area contributed by atoms with Gasteiger partial charge in [0.1, 0.15) is 0 Å². The third-order valence-corrected chi connectivity index (χ3v) is 5.38. The summed E-state index contributed by atoms with van der Waals surface area (Å²) in [6.07, 6.45) is 2.42. The Bertz CT molecular complexity index is 529. The molecule has 5 nitrogen and oxygen atoms in total. The van der Waals surface area contributed by atoms with Crippen LogP contribution in [0.1, 0.15) is 60.8 Å². The number of hydrogen-bond acceptors (Lipinski definition) is 5. The average Bonchev–Trinajstić information content (AvgIpc) is 2.48. The molecule has 0 aromatic carbocycles. The maximum atomic E-state index is 12.1. The molecule has 0 aromatic heterocycles. The van der Waals surface area contributed by atoms with Crippen LogP contribution in [0.5, 0.6) is 0 Å². The number of halogens is 1. The summed E-state index contributed by atoms with van der Waals surface area (Å²) in [6.45, 7) is 14.2. The molecule has 1 saturated heterocycles. The first kappa shape index (κ1) is 22.0. The van der Waals surface area contributed by atoms with Gasteiger partial charge in [0, 0.05) is 13.1 Å². The normalized spacial score (nSPS) is 19.3. The second-order valence-electron chi connectivity index (χ2n) is 7.74. The predicted molar refractivity (Wildman–Crippen MR) is 105 cm³/mol. The first-order valence-electron chi connectivity index (χ1n) is 8.87. The zero-order chi connectivity index (χ0) is 19.2. The Morgan fingerprint density at radius 3 is 2.28 bits per heavy atom. The molecule has 0 aromatic rings. The topological polar surface area (TPSA) is 50.8 Å². The van der Waals surface area contributed by atoms with Crippen LogP contribution >= 0.6 is 15.9 Å². The van der Waals surface area contributed by atoms with Gasteiger partial charge in [0.2, 0.25) is 0 Å². The molecule has 0 bridgehead atoms. The smallest absolute Gasteiger partial charge is 0.310 e. The molecule has 6 heteroatoms. The van der Waals surface area contributed by atoms with Gasteiger partial charge in [-0.15, -0.1) is 0 Å². The predicted octanol–water partition coefficient (Wildman–Crippen LogP) is 4.50. The van der Waals surface area contributed by atoms with E-state index in [1.165, 1.54) is 0 Å². The van der Waals surface area contributed by atoms with E-state index in [0.717, 1.165) is 47.4 Å². The molecule has 1 aliphatic heterocycles. The highest BCUT2D eigenvalue weighted by Gasteiger charge is 2.28. The van der Waals surface area contributed by atoms with E-state index in [1.807, 2.05) is 27.7 Å². The minimum Gasteiger partial charge on any atom is -0.463 e. The van der Waals surface area contributed by atoms with Crippen LogP contribution in [0.15, 0.2) is 21.4 Å². The fourth-order valence-electron chi connectivity index (χ4n) is 2.91. The van der Waals surface area contributed by atoms with E-state index in [-0.39, 0.29) is 18.5 Å². The van der Waals surface area contributed by atoms with Crippen molar-refractivity contribution in [1.82, 2.24) is 10.4 Å². The number of nitrogens with zero attached hydrogens (tertiary/aromatic N) is 1. The number of esters is 1. The molecule has 1 N–H and O–H groups in total.